The number of carbonyl (C=O) groups excluding carboxylic acids is 1. The molecular formula is C27H25N3O3. The molecule has 0 bridgehead atoms. The average molecular weight is 440 g/mol. The summed E-state index contributed by atoms with van der Waals surface area (Å²) in [7, 11) is 1.55. The minimum absolute atomic E-state index is 0.275. The quantitative estimate of drug-likeness (QED) is 0.470. The Bertz CT molecular complexity index is 1390. The van der Waals surface area contributed by atoms with Gasteiger partial charge in [-0.1, -0.05) is 54.1 Å². The number of nitrogens with zero attached hydrogens (tertiary/aromatic N) is 2. The van der Waals surface area contributed by atoms with E-state index in [9.17, 15) is 9.59 Å². The molecule has 4 rings (SSSR count). The summed E-state index contributed by atoms with van der Waals surface area (Å²) in [4.78, 5) is 26.7. The first-order valence-corrected chi connectivity index (χ1v) is 10.6. The van der Waals surface area contributed by atoms with Crippen molar-refractivity contribution in [3.63, 3.8) is 0 Å². The Kier molecular flexibility index (Phi) is 6.09. The molecular weight excluding hydrogens is 414 g/mol. The number of benzene rings is 3. The van der Waals surface area contributed by atoms with Crippen LogP contribution in [0.4, 0.5) is 5.82 Å². The van der Waals surface area contributed by atoms with Gasteiger partial charge in [0, 0.05) is 11.1 Å². The lowest BCUT2D eigenvalue weighted by molar-refractivity contribution is 0.102. The van der Waals surface area contributed by atoms with Gasteiger partial charge in [-0.2, -0.15) is 5.10 Å². The first-order valence-electron chi connectivity index (χ1n) is 10.6. The number of ether oxygens (including phenoxy) is 1. The van der Waals surface area contributed by atoms with Crippen molar-refractivity contribution in [3.05, 3.63) is 105 Å². The van der Waals surface area contributed by atoms with E-state index in [1.807, 2.05) is 68.4 Å². The molecule has 0 saturated heterocycles. The second kappa shape index (κ2) is 9.12. The molecule has 3 aromatic carbocycles. The number of hydrogen-bond acceptors (Lipinski definition) is 4. The molecule has 0 unspecified atom stereocenters. The molecule has 0 aliphatic heterocycles. The monoisotopic (exact) mass is 439 g/mol. The summed E-state index contributed by atoms with van der Waals surface area (Å²) in [6.07, 6.45) is 0. The topological polar surface area (TPSA) is 73.2 Å². The van der Waals surface area contributed by atoms with Crippen LogP contribution >= 0.6 is 0 Å². The summed E-state index contributed by atoms with van der Waals surface area (Å²) in [5.41, 5.74) is 4.10. The maximum atomic E-state index is 13.4. The molecule has 1 amide bonds. The van der Waals surface area contributed by atoms with Crippen molar-refractivity contribution < 1.29 is 9.53 Å². The van der Waals surface area contributed by atoms with Crippen LogP contribution in [-0.4, -0.2) is 22.8 Å². The van der Waals surface area contributed by atoms with E-state index in [-0.39, 0.29) is 17.2 Å². The number of hydrogen-bond donors (Lipinski definition) is 1. The summed E-state index contributed by atoms with van der Waals surface area (Å²) >= 11 is 0. The van der Waals surface area contributed by atoms with Crippen LogP contribution in [0.25, 0.3) is 16.8 Å². The SMILES string of the molecule is COc1ccccc1-c1c(NC(=O)c2ccccc2C)n(-c2ccc(C)cc2)nc(C)c1=O. The highest BCUT2D eigenvalue weighted by atomic mass is 16.5. The van der Waals surface area contributed by atoms with E-state index in [1.165, 1.54) is 0 Å². The molecule has 1 N–H and O–H groups in total. The highest BCUT2D eigenvalue weighted by molar-refractivity contribution is 6.06. The molecule has 0 aliphatic rings. The Hall–Kier alpha value is -4.19. The van der Waals surface area contributed by atoms with Gasteiger partial charge in [0.05, 0.1) is 18.4 Å². The molecule has 0 atom stereocenters. The zero-order valence-corrected chi connectivity index (χ0v) is 19.0. The molecule has 1 aromatic heterocycles. The third-order valence-corrected chi connectivity index (χ3v) is 5.53. The van der Waals surface area contributed by atoms with Crippen LogP contribution in [-0.2, 0) is 0 Å². The van der Waals surface area contributed by atoms with E-state index < -0.39 is 0 Å². The number of amides is 1. The van der Waals surface area contributed by atoms with E-state index in [1.54, 1.807) is 36.9 Å². The minimum Gasteiger partial charge on any atom is -0.496 e. The fraction of sp³-hybridized carbons (Fsp3) is 0.148. The van der Waals surface area contributed by atoms with E-state index in [0.717, 1.165) is 16.8 Å². The second-order valence-electron chi connectivity index (χ2n) is 7.85. The van der Waals surface area contributed by atoms with Crippen molar-refractivity contribution in [3.8, 4) is 22.6 Å². The maximum Gasteiger partial charge on any atom is 0.257 e. The largest absolute Gasteiger partial charge is 0.496 e. The van der Waals surface area contributed by atoms with E-state index in [4.69, 9.17) is 4.74 Å². The second-order valence-corrected chi connectivity index (χ2v) is 7.85. The molecule has 166 valence electrons. The van der Waals surface area contributed by atoms with Gasteiger partial charge in [0.2, 0.25) is 5.43 Å². The lowest BCUT2D eigenvalue weighted by Crippen LogP contribution is -2.25. The Morgan fingerprint density at radius 3 is 2.27 bits per heavy atom. The highest BCUT2D eigenvalue weighted by Gasteiger charge is 2.23. The maximum absolute atomic E-state index is 13.4. The number of nitrogens with one attached hydrogen (secondary N) is 1. The van der Waals surface area contributed by atoms with Crippen molar-refractivity contribution in [2.75, 3.05) is 12.4 Å². The molecule has 0 saturated carbocycles. The first-order chi connectivity index (χ1) is 15.9. The fourth-order valence-corrected chi connectivity index (χ4v) is 3.73. The third kappa shape index (κ3) is 4.28. The number of aromatic nitrogens is 2. The van der Waals surface area contributed by atoms with Gasteiger partial charge in [-0.05, 0) is 50.6 Å². The molecule has 0 spiro atoms. The molecule has 4 aromatic rings. The van der Waals surface area contributed by atoms with Gasteiger partial charge >= 0.3 is 0 Å². The predicted octanol–water partition coefficient (Wildman–Crippen LogP) is 5.09. The van der Waals surface area contributed by atoms with Crippen molar-refractivity contribution in [2.45, 2.75) is 20.8 Å². The predicted molar refractivity (Wildman–Crippen MR) is 130 cm³/mol. The summed E-state index contributed by atoms with van der Waals surface area (Å²) < 4.78 is 7.14. The summed E-state index contributed by atoms with van der Waals surface area (Å²) in [6, 6.07) is 22.3. The van der Waals surface area contributed by atoms with Crippen LogP contribution in [0, 0.1) is 20.8 Å². The van der Waals surface area contributed by atoms with Crippen LogP contribution in [0.2, 0.25) is 0 Å². The Balaban J connectivity index is 2.01. The number of para-hydroxylation sites is 1. The minimum atomic E-state index is -0.324. The fourth-order valence-electron chi connectivity index (χ4n) is 3.73. The van der Waals surface area contributed by atoms with Gasteiger partial charge in [-0.3, -0.25) is 9.59 Å². The van der Waals surface area contributed by atoms with Gasteiger partial charge in [0.15, 0.2) is 0 Å². The standard InChI is InChI=1S/C27H25N3O3/c1-17-13-15-20(16-14-17)30-26(28-27(32)21-10-6-5-9-18(21)2)24(25(31)19(3)29-30)22-11-7-8-12-23(22)33-4/h5-16H,1-4H3,(H,28,32). The Morgan fingerprint density at radius 1 is 0.909 bits per heavy atom. The molecule has 33 heavy (non-hydrogen) atoms. The van der Waals surface area contributed by atoms with Gasteiger partial charge < -0.3 is 10.1 Å². The lowest BCUT2D eigenvalue weighted by Gasteiger charge is -2.20. The van der Waals surface area contributed by atoms with Gasteiger partial charge in [0.1, 0.15) is 17.3 Å². The number of aryl methyl sites for hydroxylation is 3. The normalized spacial score (nSPS) is 10.7. The number of rotatable bonds is 5. The van der Waals surface area contributed by atoms with Gasteiger partial charge in [-0.25, -0.2) is 4.68 Å². The molecule has 1 heterocycles. The van der Waals surface area contributed by atoms with Crippen molar-refractivity contribution in [1.82, 2.24) is 9.78 Å². The summed E-state index contributed by atoms with van der Waals surface area (Å²) in [6.45, 7) is 5.53. The van der Waals surface area contributed by atoms with Crippen LogP contribution in [0.15, 0.2) is 77.6 Å². The highest BCUT2D eigenvalue weighted by Crippen LogP contribution is 2.34. The molecule has 0 aliphatic carbocycles. The van der Waals surface area contributed by atoms with E-state index in [0.29, 0.717) is 28.1 Å². The first kappa shape index (κ1) is 22.0. The Morgan fingerprint density at radius 2 is 1.58 bits per heavy atom. The average Bonchev–Trinajstić information content (AvgIpc) is 2.82. The number of methoxy groups -OCH3 is 1. The van der Waals surface area contributed by atoms with Crippen LogP contribution in [0.5, 0.6) is 5.75 Å². The molecule has 0 radical (unpaired) electrons. The molecule has 6 heteroatoms. The van der Waals surface area contributed by atoms with Gasteiger partial charge in [-0.15, -0.1) is 0 Å². The number of carbonyl (C=O) groups is 1. The van der Waals surface area contributed by atoms with Crippen molar-refractivity contribution in [1.29, 1.82) is 0 Å². The third-order valence-electron chi connectivity index (χ3n) is 5.53. The summed E-state index contributed by atoms with van der Waals surface area (Å²) in [5.74, 6) is 0.490. The molecule has 0 fully saturated rings. The van der Waals surface area contributed by atoms with Crippen LogP contribution in [0.3, 0.4) is 0 Å². The smallest absolute Gasteiger partial charge is 0.257 e. The lowest BCUT2D eigenvalue weighted by atomic mass is 10.0. The van der Waals surface area contributed by atoms with E-state index in [2.05, 4.69) is 10.4 Å². The van der Waals surface area contributed by atoms with Crippen molar-refractivity contribution >= 4 is 11.7 Å². The summed E-state index contributed by atoms with van der Waals surface area (Å²) in [5, 5.41) is 7.51. The van der Waals surface area contributed by atoms with Crippen LogP contribution < -0.4 is 15.5 Å². The zero-order valence-electron chi connectivity index (χ0n) is 19.0. The zero-order chi connectivity index (χ0) is 23.5. The Labute approximate surface area is 192 Å². The molecule has 6 nitrogen and oxygen atoms in total. The van der Waals surface area contributed by atoms with Crippen LogP contribution in [0.1, 0.15) is 27.2 Å². The van der Waals surface area contributed by atoms with Crippen molar-refractivity contribution in [2.24, 2.45) is 0 Å². The van der Waals surface area contributed by atoms with Gasteiger partial charge in [0.25, 0.3) is 5.91 Å². The number of anilines is 1. The van der Waals surface area contributed by atoms with E-state index >= 15 is 0 Å².